The molecule has 0 aliphatic heterocycles. The van der Waals surface area contributed by atoms with Gasteiger partial charge in [0.2, 0.25) is 0 Å². The van der Waals surface area contributed by atoms with Crippen LogP contribution in [0, 0.1) is 25.5 Å². The summed E-state index contributed by atoms with van der Waals surface area (Å²) >= 11 is 0. The third-order valence-electron chi connectivity index (χ3n) is 5.43. The number of hydrogen-bond acceptors (Lipinski definition) is 2. The van der Waals surface area contributed by atoms with Gasteiger partial charge in [-0.05, 0) is 85.3 Å². The van der Waals surface area contributed by atoms with Crippen molar-refractivity contribution in [3.05, 3.63) is 119 Å². The summed E-state index contributed by atoms with van der Waals surface area (Å²) in [5, 5.41) is 3.87. The van der Waals surface area contributed by atoms with E-state index in [9.17, 15) is 8.78 Å². The Kier molecular flexibility index (Phi) is 11.5. The summed E-state index contributed by atoms with van der Waals surface area (Å²) in [6, 6.07) is 27.8. The van der Waals surface area contributed by atoms with Gasteiger partial charge in [0.25, 0.3) is 0 Å². The summed E-state index contributed by atoms with van der Waals surface area (Å²) in [5.74, 6) is -0.475. The highest BCUT2D eigenvalue weighted by Crippen LogP contribution is 2.25. The predicted molar refractivity (Wildman–Crippen MR) is 148 cm³/mol. The Bertz CT molecular complexity index is 1280. The fourth-order valence-corrected chi connectivity index (χ4v) is 3.64. The first-order valence-corrected chi connectivity index (χ1v) is 12.2. The van der Waals surface area contributed by atoms with Crippen LogP contribution < -0.4 is 0 Å². The Morgan fingerprint density at radius 1 is 0.722 bits per heavy atom. The summed E-state index contributed by atoms with van der Waals surface area (Å²) in [6.45, 7) is 12.1. The lowest BCUT2D eigenvalue weighted by Gasteiger charge is -2.08. The van der Waals surface area contributed by atoms with Gasteiger partial charge in [-0.15, -0.1) is 0 Å². The maximum absolute atomic E-state index is 14.2. The fourth-order valence-electron chi connectivity index (χ4n) is 3.64. The summed E-state index contributed by atoms with van der Waals surface area (Å²) < 4.78 is 27.2. The smallest absolute Gasteiger partial charge is 0.132 e. The highest BCUT2D eigenvalue weighted by atomic mass is 19.1. The maximum Gasteiger partial charge on any atom is 0.132 e. The first-order chi connectivity index (χ1) is 17.4. The molecule has 0 unspecified atom stereocenters. The van der Waals surface area contributed by atoms with Gasteiger partial charge in [-0.25, -0.2) is 8.78 Å². The van der Waals surface area contributed by atoms with E-state index in [1.165, 1.54) is 6.07 Å². The Morgan fingerprint density at radius 3 is 1.78 bits per heavy atom. The molecular weight excluding hydrogens is 452 g/mol. The summed E-state index contributed by atoms with van der Waals surface area (Å²) in [7, 11) is 0. The molecule has 4 rings (SSSR count). The van der Waals surface area contributed by atoms with Crippen LogP contribution in [0.4, 0.5) is 8.78 Å². The molecule has 0 amide bonds. The zero-order valence-electron chi connectivity index (χ0n) is 22.0. The molecule has 2 nitrogen and oxygen atoms in total. The highest BCUT2D eigenvalue weighted by Gasteiger charge is 2.09. The van der Waals surface area contributed by atoms with Crippen LogP contribution >= 0.6 is 0 Å². The van der Waals surface area contributed by atoms with Crippen molar-refractivity contribution in [1.82, 2.24) is 0 Å². The van der Waals surface area contributed by atoms with Crippen LogP contribution in [0.3, 0.4) is 0 Å². The van der Waals surface area contributed by atoms with E-state index in [-0.39, 0.29) is 11.6 Å². The standard InChI is InChI=1S/C17H18FNO.C13H11F.C2H6/c1-4-20-19-13(3)16-10-9-14(11-17(16)18)15-8-6-5-7-12(15)2;1-10-5-2-3-8-13(10)11-6-4-7-12(14)9-11;1-2/h5-11H,4H2,1-3H3;2-9H,1H3;1-2H3/b19-13+;;. The van der Waals surface area contributed by atoms with E-state index in [4.69, 9.17) is 4.84 Å². The summed E-state index contributed by atoms with van der Waals surface area (Å²) in [4.78, 5) is 4.96. The third-order valence-corrected chi connectivity index (χ3v) is 5.43. The number of nitrogens with zero attached hydrogens (tertiary/aromatic N) is 1. The van der Waals surface area contributed by atoms with Gasteiger partial charge in [0.15, 0.2) is 0 Å². The van der Waals surface area contributed by atoms with Gasteiger partial charge in [-0.2, -0.15) is 0 Å². The van der Waals surface area contributed by atoms with Crippen molar-refractivity contribution in [2.75, 3.05) is 6.61 Å². The molecule has 4 aromatic carbocycles. The Balaban J connectivity index is 0.000000250. The molecule has 0 aliphatic carbocycles. The molecule has 0 heterocycles. The van der Waals surface area contributed by atoms with Gasteiger partial charge in [-0.3, -0.25) is 0 Å². The maximum atomic E-state index is 14.2. The second kappa shape index (κ2) is 14.6. The van der Waals surface area contributed by atoms with Crippen molar-refractivity contribution >= 4 is 5.71 Å². The SMILES string of the molecule is CC.CCO/N=C(\C)c1ccc(-c2ccccc2C)cc1F.Cc1ccccc1-c1cccc(F)c1. The molecule has 0 aliphatic rings. The molecular formula is C32H35F2NO. The first kappa shape index (κ1) is 28.4. The Hall–Kier alpha value is -3.79. The molecule has 0 bridgehead atoms. The highest BCUT2D eigenvalue weighted by molar-refractivity contribution is 5.99. The second-order valence-electron chi connectivity index (χ2n) is 7.93. The van der Waals surface area contributed by atoms with Crippen molar-refractivity contribution in [3.8, 4) is 22.3 Å². The van der Waals surface area contributed by atoms with E-state index in [2.05, 4.69) is 5.16 Å². The quantitative estimate of drug-likeness (QED) is 0.203. The van der Waals surface area contributed by atoms with Crippen LogP contribution in [-0.4, -0.2) is 12.3 Å². The van der Waals surface area contributed by atoms with E-state index in [0.29, 0.717) is 17.9 Å². The van der Waals surface area contributed by atoms with Gasteiger partial charge >= 0.3 is 0 Å². The van der Waals surface area contributed by atoms with Gasteiger partial charge in [0.1, 0.15) is 18.2 Å². The van der Waals surface area contributed by atoms with Gasteiger partial charge < -0.3 is 4.84 Å². The van der Waals surface area contributed by atoms with Crippen molar-refractivity contribution in [3.63, 3.8) is 0 Å². The Labute approximate surface area is 214 Å². The summed E-state index contributed by atoms with van der Waals surface area (Å²) in [5.41, 5.74) is 7.23. The fraction of sp³-hybridized carbons (Fsp3) is 0.219. The van der Waals surface area contributed by atoms with Crippen LogP contribution in [0.2, 0.25) is 0 Å². The van der Waals surface area contributed by atoms with Gasteiger partial charge in [0, 0.05) is 5.56 Å². The van der Waals surface area contributed by atoms with Crippen LogP contribution in [-0.2, 0) is 4.84 Å². The van der Waals surface area contributed by atoms with Gasteiger partial charge in [0.05, 0.1) is 5.71 Å². The van der Waals surface area contributed by atoms with Gasteiger partial charge in [-0.1, -0.05) is 85.7 Å². The van der Waals surface area contributed by atoms with Crippen LogP contribution in [0.15, 0.2) is 96.2 Å². The molecule has 4 aromatic rings. The number of hydrogen-bond donors (Lipinski definition) is 0. The van der Waals surface area contributed by atoms with E-state index in [1.54, 1.807) is 31.2 Å². The number of halogens is 2. The van der Waals surface area contributed by atoms with E-state index in [1.807, 2.05) is 95.3 Å². The zero-order valence-corrected chi connectivity index (χ0v) is 22.0. The topological polar surface area (TPSA) is 21.6 Å². The molecule has 0 radical (unpaired) electrons. The van der Waals surface area contributed by atoms with Crippen molar-refractivity contribution in [2.24, 2.45) is 5.16 Å². The number of rotatable bonds is 5. The molecule has 36 heavy (non-hydrogen) atoms. The van der Waals surface area contributed by atoms with Crippen LogP contribution in [0.1, 0.15) is 44.4 Å². The van der Waals surface area contributed by atoms with Crippen molar-refractivity contribution in [1.29, 1.82) is 0 Å². The minimum absolute atomic E-state index is 0.189. The molecule has 0 saturated heterocycles. The lowest BCUT2D eigenvalue weighted by atomic mass is 9.98. The molecule has 0 N–H and O–H groups in total. The summed E-state index contributed by atoms with van der Waals surface area (Å²) in [6.07, 6.45) is 0. The van der Waals surface area contributed by atoms with Crippen molar-refractivity contribution < 1.29 is 13.6 Å². The molecule has 0 saturated carbocycles. The lowest BCUT2D eigenvalue weighted by molar-refractivity contribution is 0.159. The predicted octanol–water partition coefficient (Wildman–Crippen LogP) is 9.39. The second-order valence-corrected chi connectivity index (χ2v) is 7.93. The molecule has 0 spiro atoms. The molecule has 0 atom stereocenters. The normalized spacial score (nSPS) is 10.5. The molecule has 0 fully saturated rings. The van der Waals surface area contributed by atoms with Crippen molar-refractivity contribution in [2.45, 2.75) is 41.5 Å². The average Bonchev–Trinajstić information content (AvgIpc) is 2.89. The van der Waals surface area contributed by atoms with E-state index < -0.39 is 0 Å². The third kappa shape index (κ3) is 7.88. The largest absolute Gasteiger partial charge is 0.396 e. The Morgan fingerprint density at radius 2 is 1.28 bits per heavy atom. The lowest BCUT2D eigenvalue weighted by Crippen LogP contribution is -2.00. The number of benzene rings is 4. The minimum Gasteiger partial charge on any atom is -0.396 e. The van der Waals surface area contributed by atoms with E-state index in [0.717, 1.165) is 33.4 Å². The number of aryl methyl sites for hydroxylation is 2. The molecule has 4 heteroatoms. The average molecular weight is 488 g/mol. The monoisotopic (exact) mass is 487 g/mol. The van der Waals surface area contributed by atoms with E-state index >= 15 is 0 Å². The minimum atomic E-state index is -0.285. The number of oxime groups is 1. The van der Waals surface area contributed by atoms with Crippen LogP contribution in [0.25, 0.3) is 22.3 Å². The molecule has 188 valence electrons. The molecule has 0 aromatic heterocycles. The zero-order chi connectivity index (χ0) is 26.5. The van der Waals surface area contributed by atoms with Crippen LogP contribution in [0.5, 0.6) is 0 Å². The first-order valence-electron chi connectivity index (χ1n) is 12.2.